The summed E-state index contributed by atoms with van der Waals surface area (Å²) in [6, 6.07) is 14.3. The SMILES string of the molecule is CCc1ccc(COc2ccc([C@H](C)O)cc2C)cc1. The van der Waals surface area contributed by atoms with Gasteiger partial charge in [0, 0.05) is 0 Å². The van der Waals surface area contributed by atoms with Crippen molar-refractivity contribution < 1.29 is 9.84 Å². The first kappa shape index (κ1) is 14.6. The lowest BCUT2D eigenvalue weighted by molar-refractivity contribution is 0.199. The molecule has 0 heterocycles. The number of hydrogen-bond donors (Lipinski definition) is 1. The molecule has 0 unspecified atom stereocenters. The zero-order valence-electron chi connectivity index (χ0n) is 12.4. The van der Waals surface area contributed by atoms with E-state index >= 15 is 0 Å². The number of benzene rings is 2. The van der Waals surface area contributed by atoms with Gasteiger partial charge in [0.25, 0.3) is 0 Å². The van der Waals surface area contributed by atoms with E-state index in [0.717, 1.165) is 23.3 Å². The van der Waals surface area contributed by atoms with Gasteiger partial charge in [-0.15, -0.1) is 0 Å². The Balaban J connectivity index is 2.03. The highest BCUT2D eigenvalue weighted by Gasteiger charge is 2.05. The monoisotopic (exact) mass is 270 g/mol. The van der Waals surface area contributed by atoms with Crippen LogP contribution in [-0.4, -0.2) is 5.11 Å². The number of rotatable bonds is 5. The van der Waals surface area contributed by atoms with E-state index in [4.69, 9.17) is 4.74 Å². The summed E-state index contributed by atoms with van der Waals surface area (Å²) in [6.07, 6.45) is 0.616. The van der Waals surface area contributed by atoms with Crippen LogP contribution in [0.2, 0.25) is 0 Å². The van der Waals surface area contributed by atoms with Crippen molar-refractivity contribution in [1.82, 2.24) is 0 Å². The highest BCUT2D eigenvalue weighted by Crippen LogP contribution is 2.23. The van der Waals surface area contributed by atoms with Crippen LogP contribution in [0.25, 0.3) is 0 Å². The van der Waals surface area contributed by atoms with Crippen molar-refractivity contribution in [3.8, 4) is 5.75 Å². The van der Waals surface area contributed by atoms with E-state index in [2.05, 4.69) is 31.2 Å². The van der Waals surface area contributed by atoms with Crippen molar-refractivity contribution in [2.24, 2.45) is 0 Å². The molecule has 1 N–H and O–H groups in total. The maximum Gasteiger partial charge on any atom is 0.122 e. The molecular weight excluding hydrogens is 248 g/mol. The summed E-state index contributed by atoms with van der Waals surface area (Å²) in [5.74, 6) is 0.869. The normalized spacial score (nSPS) is 12.2. The van der Waals surface area contributed by atoms with Crippen LogP contribution in [0, 0.1) is 6.92 Å². The van der Waals surface area contributed by atoms with Crippen LogP contribution in [0.5, 0.6) is 5.75 Å². The Hall–Kier alpha value is -1.80. The van der Waals surface area contributed by atoms with Crippen molar-refractivity contribution in [2.75, 3.05) is 0 Å². The van der Waals surface area contributed by atoms with Gasteiger partial charge in [-0.2, -0.15) is 0 Å². The van der Waals surface area contributed by atoms with Crippen LogP contribution < -0.4 is 4.74 Å². The number of aryl methyl sites for hydroxylation is 2. The summed E-state index contributed by atoms with van der Waals surface area (Å²) < 4.78 is 5.85. The number of aliphatic hydroxyl groups excluding tert-OH is 1. The minimum atomic E-state index is -0.440. The molecule has 0 fully saturated rings. The molecule has 2 aromatic rings. The molecule has 2 rings (SSSR count). The minimum absolute atomic E-state index is 0.440. The van der Waals surface area contributed by atoms with Gasteiger partial charge in [-0.25, -0.2) is 0 Å². The molecule has 0 radical (unpaired) electrons. The van der Waals surface area contributed by atoms with Crippen molar-refractivity contribution in [3.63, 3.8) is 0 Å². The molecule has 0 aliphatic carbocycles. The molecular formula is C18H22O2. The van der Waals surface area contributed by atoms with E-state index in [1.807, 2.05) is 25.1 Å². The van der Waals surface area contributed by atoms with Crippen LogP contribution in [0.15, 0.2) is 42.5 Å². The molecule has 106 valence electrons. The van der Waals surface area contributed by atoms with Crippen molar-refractivity contribution >= 4 is 0 Å². The van der Waals surface area contributed by atoms with E-state index in [1.54, 1.807) is 6.92 Å². The molecule has 2 heteroatoms. The Kier molecular flexibility index (Phi) is 4.80. The topological polar surface area (TPSA) is 29.5 Å². The summed E-state index contributed by atoms with van der Waals surface area (Å²) in [5.41, 5.74) is 4.48. The van der Waals surface area contributed by atoms with E-state index in [9.17, 15) is 5.11 Å². The molecule has 0 spiro atoms. The fourth-order valence-electron chi connectivity index (χ4n) is 2.13. The molecule has 0 amide bonds. The highest BCUT2D eigenvalue weighted by atomic mass is 16.5. The van der Waals surface area contributed by atoms with Crippen LogP contribution in [0.1, 0.15) is 42.2 Å². The van der Waals surface area contributed by atoms with Crippen LogP contribution in [-0.2, 0) is 13.0 Å². The third-order valence-electron chi connectivity index (χ3n) is 3.51. The Morgan fingerprint density at radius 2 is 1.70 bits per heavy atom. The maximum atomic E-state index is 9.56. The molecule has 0 aromatic heterocycles. The fourth-order valence-corrected chi connectivity index (χ4v) is 2.13. The average Bonchev–Trinajstić information content (AvgIpc) is 2.46. The average molecular weight is 270 g/mol. The zero-order chi connectivity index (χ0) is 14.5. The molecule has 0 aliphatic rings. The number of ether oxygens (including phenoxy) is 1. The predicted octanol–water partition coefficient (Wildman–Crippen LogP) is 4.19. The second-order valence-electron chi connectivity index (χ2n) is 5.16. The number of hydrogen-bond acceptors (Lipinski definition) is 2. The second-order valence-corrected chi connectivity index (χ2v) is 5.16. The van der Waals surface area contributed by atoms with Gasteiger partial charge >= 0.3 is 0 Å². The van der Waals surface area contributed by atoms with Gasteiger partial charge in [-0.3, -0.25) is 0 Å². The Morgan fingerprint density at radius 1 is 1.05 bits per heavy atom. The lowest BCUT2D eigenvalue weighted by Gasteiger charge is -2.12. The molecule has 1 atom stereocenters. The standard InChI is InChI=1S/C18H22O2/c1-4-15-5-7-16(8-6-15)12-20-18-10-9-17(14(3)19)11-13(18)2/h5-11,14,19H,4,12H2,1-3H3/t14-/m0/s1. The Bertz CT molecular complexity index is 556. The third kappa shape index (κ3) is 3.61. The van der Waals surface area contributed by atoms with Gasteiger partial charge in [0.1, 0.15) is 12.4 Å². The maximum absolute atomic E-state index is 9.56. The van der Waals surface area contributed by atoms with Gasteiger partial charge in [-0.05, 0) is 54.7 Å². The van der Waals surface area contributed by atoms with Gasteiger partial charge < -0.3 is 9.84 Å². The van der Waals surface area contributed by atoms with E-state index < -0.39 is 6.10 Å². The first-order chi connectivity index (χ1) is 9.60. The molecule has 20 heavy (non-hydrogen) atoms. The molecule has 0 saturated heterocycles. The first-order valence-corrected chi connectivity index (χ1v) is 7.09. The smallest absolute Gasteiger partial charge is 0.122 e. The second kappa shape index (κ2) is 6.58. The van der Waals surface area contributed by atoms with E-state index in [1.165, 1.54) is 11.1 Å². The van der Waals surface area contributed by atoms with E-state index in [-0.39, 0.29) is 0 Å². The number of aliphatic hydroxyl groups is 1. The summed E-state index contributed by atoms with van der Waals surface area (Å²) in [4.78, 5) is 0. The molecule has 0 aliphatic heterocycles. The Labute approximate surface area is 121 Å². The third-order valence-corrected chi connectivity index (χ3v) is 3.51. The van der Waals surface area contributed by atoms with Gasteiger partial charge in [0.15, 0.2) is 0 Å². The molecule has 0 bridgehead atoms. The Morgan fingerprint density at radius 3 is 2.25 bits per heavy atom. The van der Waals surface area contributed by atoms with Gasteiger partial charge in [-0.1, -0.05) is 37.3 Å². The van der Waals surface area contributed by atoms with Crippen LogP contribution in [0.3, 0.4) is 0 Å². The molecule has 0 saturated carbocycles. The van der Waals surface area contributed by atoms with E-state index in [0.29, 0.717) is 6.61 Å². The molecule has 2 aromatic carbocycles. The first-order valence-electron chi connectivity index (χ1n) is 7.09. The minimum Gasteiger partial charge on any atom is -0.489 e. The summed E-state index contributed by atoms with van der Waals surface area (Å²) in [6.45, 7) is 6.49. The molecule has 2 nitrogen and oxygen atoms in total. The lowest BCUT2D eigenvalue weighted by atomic mass is 10.1. The predicted molar refractivity (Wildman–Crippen MR) is 82.0 cm³/mol. The van der Waals surface area contributed by atoms with Crippen molar-refractivity contribution in [1.29, 1.82) is 0 Å². The van der Waals surface area contributed by atoms with Crippen LogP contribution >= 0.6 is 0 Å². The van der Waals surface area contributed by atoms with Gasteiger partial charge in [0.2, 0.25) is 0 Å². The summed E-state index contributed by atoms with van der Waals surface area (Å²) >= 11 is 0. The van der Waals surface area contributed by atoms with Crippen molar-refractivity contribution in [3.05, 3.63) is 64.7 Å². The van der Waals surface area contributed by atoms with Gasteiger partial charge in [0.05, 0.1) is 6.10 Å². The van der Waals surface area contributed by atoms with Crippen LogP contribution in [0.4, 0.5) is 0 Å². The summed E-state index contributed by atoms with van der Waals surface area (Å²) in [5, 5.41) is 9.56. The summed E-state index contributed by atoms with van der Waals surface area (Å²) in [7, 11) is 0. The largest absolute Gasteiger partial charge is 0.489 e. The highest BCUT2D eigenvalue weighted by molar-refractivity contribution is 5.37. The zero-order valence-corrected chi connectivity index (χ0v) is 12.4. The lowest BCUT2D eigenvalue weighted by Crippen LogP contribution is -1.99. The fraction of sp³-hybridized carbons (Fsp3) is 0.333. The van der Waals surface area contributed by atoms with Crippen molar-refractivity contribution in [2.45, 2.75) is 39.9 Å². The quantitative estimate of drug-likeness (QED) is 0.882.